The van der Waals surface area contributed by atoms with Crippen molar-refractivity contribution in [3.63, 3.8) is 0 Å². The van der Waals surface area contributed by atoms with Gasteiger partial charge in [-0.2, -0.15) is 0 Å². The molecule has 4 rings (SSSR count). The lowest BCUT2D eigenvalue weighted by Crippen LogP contribution is -2.37. The van der Waals surface area contributed by atoms with Crippen molar-refractivity contribution in [1.29, 1.82) is 0 Å². The summed E-state index contributed by atoms with van der Waals surface area (Å²) in [4.78, 5) is 27.7. The van der Waals surface area contributed by atoms with Crippen LogP contribution >= 0.6 is 22.7 Å². The Labute approximate surface area is 135 Å². The molecule has 1 aliphatic rings. The van der Waals surface area contributed by atoms with Gasteiger partial charge in [0, 0.05) is 30.2 Å². The Kier molecular flexibility index (Phi) is 3.35. The van der Waals surface area contributed by atoms with Gasteiger partial charge in [0.25, 0.3) is 0 Å². The highest BCUT2D eigenvalue weighted by Gasteiger charge is 2.21. The monoisotopic (exact) mass is 330 g/mol. The van der Waals surface area contributed by atoms with E-state index >= 15 is 0 Å². The number of fused-ring (bicyclic) bond motifs is 2. The molecule has 0 bridgehead atoms. The Balaban J connectivity index is 1.58. The molecule has 0 fully saturated rings. The van der Waals surface area contributed by atoms with Crippen molar-refractivity contribution in [2.75, 3.05) is 6.54 Å². The van der Waals surface area contributed by atoms with E-state index in [1.165, 1.54) is 21.8 Å². The summed E-state index contributed by atoms with van der Waals surface area (Å²) in [6.45, 7) is 1.76. The number of hydrogen-bond donors (Lipinski definition) is 0. The maximum absolute atomic E-state index is 12.6. The molecular weight excluding hydrogens is 316 g/mol. The minimum atomic E-state index is 0.0228. The van der Waals surface area contributed by atoms with Crippen LogP contribution in [0.5, 0.6) is 0 Å². The molecule has 0 spiro atoms. The largest absolute Gasteiger partial charge is 0.337 e. The number of rotatable bonds is 2. The molecule has 6 heteroatoms. The Hall–Kier alpha value is -1.92. The predicted molar refractivity (Wildman–Crippen MR) is 89.5 cm³/mol. The first-order valence-electron chi connectivity index (χ1n) is 7.12. The van der Waals surface area contributed by atoms with Crippen molar-refractivity contribution in [1.82, 2.24) is 9.47 Å². The van der Waals surface area contributed by atoms with E-state index in [1.807, 2.05) is 20.9 Å². The number of carbonyl (C=O) groups is 1. The molecule has 1 aliphatic heterocycles. The van der Waals surface area contributed by atoms with Crippen molar-refractivity contribution in [3.05, 3.63) is 55.8 Å². The molecule has 0 N–H and O–H groups in total. The summed E-state index contributed by atoms with van der Waals surface area (Å²) in [5.41, 5.74) is 2.14. The lowest BCUT2D eigenvalue weighted by molar-refractivity contribution is -0.132. The zero-order chi connectivity index (χ0) is 15.1. The smallest absolute Gasteiger partial charge is 0.242 e. The van der Waals surface area contributed by atoms with Crippen LogP contribution < -0.4 is 5.43 Å². The number of thiophene rings is 2. The minimum Gasteiger partial charge on any atom is -0.337 e. The van der Waals surface area contributed by atoms with Gasteiger partial charge in [0.05, 0.1) is 10.2 Å². The van der Waals surface area contributed by atoms with Crippen molar-refractivity contribution >= 4 is 38.8 Å². The fraction of sp³-hybridized carbons (Fsp3) is 0.250. The summed E-state index contributed by atoms with van der Waals surface area (Å²) in [5.74, 6) is 0.105. The first-order chi connectivity index (χ1) is 10.7. The van der Waals surface area contributed by atoms with Gasteiger partial charge in [0.2, 0.25) is 5.91 Å². The standard InChI is InChI=1S/C16H14N2O2S2/c19-13-1-5-17(12-4-8-22-16(12)13)10-15(20)18-6-2-14-11(9-18)3-7-21-14/h1,3-5,7-8H,2,6,9-10H2. The molecule has 3 aromatic heterocycles. The van der Waals surface area contributed by atoms with Gasteiger partial charge in [-0.3, -0.25) is 9.59 Å². The highest BCUT2D eigenvalue weighted by atomic mass is 32.1. The lowest BCUT2D eigenvalue weighted by Gasteiger charge is -2.27. The molecule has 0 saturated heterocycles. The van der Waals surface area contributed by atoms with E-state index in [-0.39, 0.29) is 17.9 Å². The first kappa shape index (κ1) is 13.7. The predicted octanol–water partition coefficient (Wildman–Crippen LogP) is 2.71. The summed E-state index contributed by atoms with van der Waals surface area (Å²) in [5, 5.41) is 3.99. The van der Waals surface area contributed by atoms with E-state index < -0.39 is 0 Å². The van der Waals surface area contributed by atoms with Gasteiger partial charge in [-0.15, -0.1) is 22.7 Å². The van der Waals surface area contributed by atoms with E-state index in [1.54, 1.807) is 23.6 Å². The fourth-order valence-corrected chi connectivity index (χ4v) is 4.58. The van der Waals surface area contributed by atoms with E-state index in [9.17, 15) is 9.59 Å². The summed E-state index contributed by atoms with van der Waals surface area (Å²) in [7, 11) is 0. The molecule has 3 aromatic rings. The molecule has 112 valence electrons. The van der Waals surface area contributed by atoms with Crippen LogP contribution in [0.2, 0.25) is 0 Å². The van der Waals surface area contributed by atoms with Crippen molar-refractivity contribution in [2.45, 2.75) is 19.5 Å². The van der Waals surface area contributed by atoms with E-state index in [0.29, 0.717) is 11.2 Å². The SMILES string of the molecule is O=C(Cn1ccc(=O)c2sccc21)N1CCc2sccc2C1. The third-order valence-electron chi connectivity index (χ3n) is 4.05. The van der Waals surface area contributed by atoms with Crippen molar-refractivity contribution < 1.29 is 4.79 Å². The molecule has 22 heavy (non-hydrogen) atoms. The van der Waals surface area contributed by atoms with Crippen LogP contribution in [0.1, 0.15) is 10.4 Å². The number of amides is 1. The number of pyridine rings is 1. The van der Waals surface area contributed by atoms with Gasteiger partial charge in [-0.1, -0.05) is 0 Å². The molecule has 4 nitrogen and oxygen atoms in total. The summed E-state index contributed by atoms with van der Waals surface area (Å²) < 4.78 is 2.59. The third kappa shape index (κ3) is 2.28. The first-order valence-corrected chi connectivity index (χ1v) is 8.88. The Bertz CT molecular complexity index is 906. The molecule has 0 radical (unpaired) electrons. The van der Waals surface area contributed by atoms with Crippen molar-refractivity contribution in [3.8, 4) is 0 Å². The normalized spacial score (nSPS) is 14.3. The highest BCUT2D eigenvalue weighted by molar-refractivity contribution is 7.17. The van der Waals surface area contributed by atoms with Gasteiger partial charge in [-0.05, 0) is 34.9 Å². The molecule has 0 saturated carbocycles. The van der Waals surface area contributed by atoms with Crippen LogP contribution in [-0.2, 0) is 24.3 Å². The number of carbonyl (C=O) groups excluding carboxylic acids is 1. The summed E-state index contributed by atoms with van der Waals surface area (Å²) >= 11 is 3.20. The Morgan fingerprint density at radius 3 is 2.95 bits per heavy atom. The summed E-state index contributed by atoms with van der Waals surface area (Å²) in [6, 6.07) is 5.55. The molecule has 1 amide bonds. The second kappa shape index (κ2) is 5.37. The zero-order valence-corrected chi connectivity index (χ0v) is 13.5. The van der Waals surface area contributed by atoms with Gasteiger partial charge in [0.15, 0.2) is 5.43 Å². The Morgan fingerprint density at radius 1 is 1.18 bits per heavy atom. The van der Waals surface area contributed by atoms with Gasteiger partial charge < -0.3 is 9.47 Å². The van der Waals surface area contributed by atoms with Crippen LogP contribution in [0, 0.1) is 0 Å². The van der Waals surface area contributed by atoms with Gasteiger partial charge in [0.1, 0.15) is 6.54 Å². The van der Waals surface area contributed by atoms with E-state index in [0.717, 1.165) is 18.5 Å². The molecule has 0 aliphatic carbocycles. The average molecular weight is 330 g/mol. The van der Waals surface area contributed by atoms with Crippen LogP contribution in [0.3, 0.4) is 0 Å². The topological polar surface area (TPSA) is 42.3 Å². The number of hydrogen-bond acceptors (Lipinski definition) is 4. The van der Waals surface area contributed by atoms with E-state index in [4.69, 9.17) is 0 Å². The number of aromatic nitrogens is 1. The van der Waals surface area contributed by atoms with E-state index in [2.05, 4.69) is 11.4 Å². The molecule has 0 atom stereocenters. The van der Waals surface area contributed by atoms with Crippen molar-refractivity contribution in [2.24, 2.45) is 0 Å². The molecular formula is C16H14N2O2S2. The molecule has 0 aromatic carbocycles. The fourth-order valence-electron chi connectivity index (χ4n) is 2.87. The highest BCUT2D eigenvalue weighted by Crippen LogP contribution is 2.24. The summed E-state index contributed by atoms with van der Waals surface area (Å²) in [6.07, 6.45) is 2.66. The van der Waals surface area contributed by atoms with Crippen LogP contribution in [0.25, 0.3) is 10.2 Å². The van der Waals surface area contributed by atoms with Gasteiger partial charge >= 0.3 is 0 Å². The second-order valence-corrected chi connectivity index (χ2v) is 7.29. The van der Waals surface area contributed by atoms with Crippen LogP contribution in [-0.4, -0.2) is 21.9 Å². The molecule has 0 unspecified atom stereocenters. The minimum absolute atomic E-state index is 0.0228. The maximum atomic E-state index is 12.6. The second-order valence-electron chi connectivity index (χ2n) is 5.38. The third-order valence-corrected chi connectivity index (χ3v) is 5.99. The Morgan fingerprint density at radius 2 is 2.05 bits per heavy atom. The molecule has 4 heterocycles. The van der Waals surface area contributed by atoms with Gasteiger partial charge in [-0.25, -0.2) is 0 Å². The average Bonchev–Trinajstić information content (AvgIpc) is 3.18. The zero-order valence-electron chi connectivity index (χ0n) is 11.8. The maximum Gasteiger partial charge on any atom is 0.242 e. The van der Waals surface area contributed by atoms with Crippen LogP contribution in [0.15, 0.2) is 40.0 Å². The number of nitrogens with zero attached hydrogens (tertiary/aromatic N) is 2. The quantitative estimate of drug-likeness (QED) is 0.725. The van der Waals surface area contributed by atoms with Crippen LogP contribution in [0.4, 0.5) is 0 Å². The lowest BCUT2D eigenvalue weighted by atomic mass is 10.1.